The first-order valence-electron chi connectivity index (χ1n) is 17.4. The first kappa shape index (κ1) is 20.0. The molecule has 0 unspecified atom stereocenters. The fourth-order valence-electron chi connectivity index (χ4n) is 7.03. The van der Waals surface area contributed by atoms with Crippen LogP contribution in [0.3, 0.4) is 0 Å². The summed E-state index contributed by atoms with van der Waals surface area (Å²) < 4.78 is 52.6. The van der Waals surface area contributed by atoms with Crippen molar-refractivity contribution in [2.45, 2.75) is 0 Å². The molecule has 0 aliphatic carbocycles. The number of aromatic nitrogens is 2. The van der Waals surface area contributed by atoms with E-state index in [2.05, 4.69) is 83.4 Å². The molecular weight excluding hydrogens is 548 g/mol. The molecule has 0 fully saturated rings. The fraction of sp³-hybridized carbons (Fsp3) is 0. The Balaban J connectivity index is 1.16. The molecule has 210 valence electrons. The molecule has 0 aliphatic heterocycles. The minimum atomic E-state index is -0.406. The van der Waals surface area contributed by atoms with Crippen LogP contribution in [-0.2, 0) is 0 Å². The van der Waals surface area contributed by atoms with Crippen molar-refractivity contribution in [2.24, 2.45) is 0 Å². The van der Waals surface area contributed by atoms with E-state index in [9.17, 15) is 0 Å². The molecule has 0 N–H and O–H groups in total. The molecule has 0 amide bonds. The van der Waals surface area contributed by atoms with E-state index in [1.54, 1.807) is 4.57 Å². The zero-order valence-corrected chi connectivity index (χ0v) is 23.9. The second-order valence-electron chi connectivity index (χ2n) is 11.4. The summed E-state index contributed by atoms with van der Waals surface area (Å²) in [6.45, 7) is 0. The number of rotatable bonds is 3. The minimum Gasteiger partial charge on any atom is -0.456 e. The van der Waals surface area contributed by atoms with Gasteiger partial charge in [-0.25, -0.2) is 0 Å². The molecule has 0 atom stereocenters. The number of fused-ring (bicyclic) bond motifs is 9. The summed E-state index contributed by atoms with van der Waals surface area (Å²) in [4.78, 5) is 0. The van der Waals surface area contributed by atoms with Gasteiger partial charge in [-0.1, -0.05) is 84.9 Å². The average Bonchev–Trinajstić information content (AvgIpc) is 3.80. The Morgan fingerprint density at radius 2 is 0.889 bits per heavy atom. The van der Waals surface area contributed by atoms with E-state index in [-0.39, 0.29) is 29.9 Å². The summed E-state index contributed by atoms with van der Waals surface area (Å²) in [5, 5.41) is 6.33. The van der Waals surface area contributed by atoms with Gasteiger partial charge in [0.2, 0.25) is 0 Å². The Labute approximate surface area is 265 Å². The van der Waals surface area contributed by atoms with E-state index < -0.39 is 6.04 Å². The molecule has 3 aromatic heterocycles. The minimum absolute atomic E-state index is 0.139. The van der Waals surface area contributed by atoms with E-state index in [4.69, 9.17) is 11.3 Å². The van der Waals surface area contributed by atoms with Crippen molar-refractivity contribution in [3.63, 3.8) is 0 Å². The van der Waals surface area contributed by atoms with Gasteiger partial charge in [-0.15, -0.1) is 0 Å². The number of hydrogen-bond donors (Lipinski definition) is 0. The Kier molecular flexibility index (Phi) is 4.10. The van der Waals surface area contributed by atoms with Crippen molar-refractivity contribution in [3.05, 3.63) is 158 Å². The monoisotopic (exact) mass is 579 g/mol. The molecule has 3 heteroatoms. The number of benzene rings is 7. The highest BCUT2D eigenvalue weighted by molar-refractivity contribution is 6.12. The van der Waals surface area contributed by atoms with Gasteiger partial charge >= 0.3 is 0 Å². The van der Waals surface area contributed by atoms with Crippen LogP contribution in [0.2, 0.25) is 0 Å². The van der Waals surface area contributed by atoms with Gasteiger partial charge in [-0.05, 0) is 83.9 Å². The molecule has 3 nitrogen and oxygen atoms in total. The normalized spacial score (nSPS) is 13.6. The zero-order valence-electron chi connectivity index (χ0n) is 28.9. The van der Waals surface area contributed by atoms with Gasteiger partial charge in [0, 0.05) is 43.7 Å². The van der Waals surface area contributed by atoms with Crippen molar-refractivity contribution in [2.75, 3.05) is 0 Å². The molecule has 7 aromatic carbocycles. The van der Waals surface area contributed by atoms with Crippen LogP contribution in [0.15, 0.2) is 162 Å². The van der Waals surface area contributed by atoms with Crippen LogP contribution in [0.5, 0.6) is 0 Å². The summed E-state index contributed by atoms with van der Waals surface area (Å²) in [6, 6.07) is 41.9. The predicted octanol–water partition coefficient (Wildman–Crippen LogP) is 11.4. The standard InChI is InChI=1S/C42H26N2O/c1-2-10-29(11-3-1)43-39-17-9-6-14-33(39)34-24-27(18-21-40(34)43)28-19-22-41-35(25-28)36-26-30(20-23-42(36)45-41)44-37-15-7-4-12-31(37)32-13-5-8-16-38(32)44/h1-26H/i1D,2D,3D,10D,11D. The summed E-state index contributed by atoms with van der Waals surface area (Å²) in [7, 11) is 0. The van der Waals surface area contributed by atoms with E-state index in [0.29, 0.717) is 0 Å². The van der Waals surface area contributed by atoms with Crippen LogP contribution in [0.4, 0.5) is 0 Å². The third-order valence-electron chi connectivity index (χ3n) is 9.01. The number of para-hydroxylation sites is 4. The van der Waals surface area contributed by atoms with Crippen molar-refractivity contribution in [1.82, 2.24) is 9.13 Å². The van der Waals surface area contributed by atoms with E-state index in [1.165, 1.54) is 10.8 Å². The molecule has 45 heavy (non-hydrogen) atoms. The zero-order chi connectivity index (χ0) is 33.8. The Bertz CT molecular complexity index is 2980. The second kappa shape index (κ2) is 9.22. The lowest BCUT2D eigenvalue weighted by Gasteiger charge is -2.08. The van der Waals surface area contributed by atoms with Gasteiger partial charge in [-0.2, -0.15) is 0 Å². The Morgan fingerprint density at radius 1 is 0.400 bits per heavy atom. The fourth-order valence-corrected chi connectivity index (χ4v) is 7.03. The van der Waals surface area contributed by atoms with Crippen molar-refractivity contribution in [1.29, 1.82) is 0 Å². The lowest BCUT2D eigenvalue weighted by Crippen LogP contribution is -1.93. The highest BCUT2D eigenvalue weighted by Gasteiger charge is 2.16. The van der Waals surface area contributed by atoms with Crippen LogP contribution >= 0.6 is 0 Å². The largest absolute Gasteiger partial charge is 0.456 e. The van der Waals surface area contributed by atoms with Crippen LogP contribution in [0.25, 0.3) is 88.1 Å². The predicted molar refractivity (Wildman–Crippen MR) is 188 cm³/mol. The molecule has 0 saturated carbocycles. The molecule has 10 aromatic rings. The highest BCUT2D eigenvalue weighted by Crippen LogP contribution is 2.39. The lowest BCUT2D eigenvalue weighted by molar-refractivity contribution is 0.669. The van der Waals surface area contributed by atoms with Crippen LogP contribution < -0.4 is 0 Å². The van der Waals surface area contributed by atoms with Crippen molar-refractivity contribution in [3.8, 4) is 22.5 Å². The molecule has 0 aliphatic rings. The van der Waals surface area contributed by atoms with Gasteiger partial charge in [0.25, 0.3) is 0 Å². The Hall–Kier alpha value is -6.06. The van der Waals surface area contributed by atoms with Crippen LogP contribution in [0, 0.1) is 0 Å². The smallest absolute Gasteiger partial charge is 0.135 e. The molecule has 0 saturated heterocycles. The van der Waals surface area contributed by atoms with E-state index >= 15 is 0 Å². The Morgan fingerprint density at radius 3 is 1.56 bits per heavy atom. The van der Waals surface area contributed by atoms with Gasteiger partial charge in [0.1, 0.15) is 11.2 Å². The molecule has 10 rings (SSSR count). The quantitative estimate of drug-likeness (QED) is 0.204. The van der Waals surface area contributed by atoms with Gasteiger partial charge in [0.15, 0.2) is 0 Å². The van der Waals surface area contributed by atoms with Crippen LogP contribution in [-0.4, -0.2) is 9.13 Å². The molecule has 0 spiro atoms. The number of furan rings is 1. The molecular formula is C42H26N2O. The third-order valence-corrected chi connectivity index (χ3v) is 9.01. The molecule has 3 heterocycles. The SMILES string of the molecule is [2H]c1c([2H])c([2H])c(-n2c3ccccc3c3cc(-c4ccc5oc6ccc(-n7c8ccccc8c8ccccc87)cc6c5c4)ccc32)c([2H])c1[2H]. The average molecular weight is 580 g/mol. The molecule has 0 radical (unpaired) electrons. The maximum atomic E-state index is 8.70. The first-order chi connectivity index (χ1) is 24.4. The summed E-state index contributed by atoms with van der Waals surface area (Å²) >= 11 is 0. The van der Waals surface area contributed by atoms with Crippen molar-refractivity contribution < 1.29 is 11.3 Å². The lowest BCUT2D eigenvalue weighted by atomic mass is 10.0. The maximum Gasteiger partial charge on any atom is 0.135 e. The summed E-state index contributed by atoms with van der Waals surface area (Å²) in [5.41, 5.74) is 8.67. The highest BCUT2D eigenvalue weighted by atomic mass is 16.3. The second-order valence-corrected chi connectivity index (χ2v) is 11.4. The van der Waals surface area contributed by atoms with Gasteiger partial charge < -0.3 is 13.6 Å². The van der Waals surface area contributed by atoms with Crippen molar-refractivity contribution >= 4 is 65.6 Å². The number of nitrogens with zero attached hydrogens (tertiary/aromatic N) is 2. The summed E-state index contributed by atoms with van der Waals surface area (Å²) in [5.74, 6) is 0. The topological polar surface area (TPSA) is 23.0 Å². The maximum absolute atomic E-state index is 8.70. The van der Waals surface area contributed by atoms with Gasteiger partial charge in [-0.3, -0.25) is 0 Å². The van der Waals surface area contributed by atoms with Gasteiger partial charge in [0.05, 0.1) is 28.9 Å². The third kappa shape index (κ3) is 3.52. The molecule has 0 bridgehead atoms. The first-order valence-corrected chi connectivity index (χ1v) is 14.9. The van der Waals surface area contributed by atoms with Crippen LogP contribution in [0.1, 0.15) is 6.85 Å². The van der Waals surface area contributed by atoms with E-state index in [0.717, 1.165) is 71.6 Å². The van der Waals surface area contributed by atoms with E-state index in [1.807, 2.05) is 48.5 Å². The summed E-state index contributed by atoms with van der Waals surface area (Å²) in [6.07, 6.45) is 0. The number of hydrogen-bond acceptors (Lipinski definition) is 1.